The van der Waals surface area contributed by atoms with Gasteiger partial charge in [0.05, 0.1) is 6.10 Å². The number of hydrogen-bond donors (Lipinski definition) is 2. The van der Waals surface area contributed by atoms with Gasteiger partial charge in [-0.2, -0.15) is 0 Å². The second-order valence-electron chi connectivity index (χ2n) is 11.2. The van der Waals surface area contributed by atoms with Crippen LogP contribution in [0.2, 0.25) is 0 Å². The first kappa shape index (κ1) is 20.4. The molecule has 3 unspecified atom stereocenters. The van der Waals surface area contributed by atoms with Gasteiger partial charge in [0.2, 0.25) is 0 Å². The van der Waals surface area contributed by atoms with Crippen LogP contribution in [0.4, 0.5) is 0 Å². The average molecular weight is 391 g/mol. The smallest absolute Gasteiger partial charge is 0.303 e. The van der Waals surface area contributed by atoms with Crippen LogP contribution in [-0.4, -0.2) is 28.1 Å². The highest BCUT2D eigenvalue weighted by molar-refractivity contribution is 5.83. The summed E-state index contributed by atoms with van der Waals surface area (Å²) in [6.07, 6.45) is 8.81. The number of carbonyl (C=O) groups is 2. The molecule has 0 aromatic carbocycles. The quantitative estimate of drug-likeness (QED) is 0.730. The molecule has 4 rings (SSSR count). The minimum Gasteiger partial charge on any atom is -0.481 e. The van der Waals surface area contributed by atoms with Gasteiger partial charge in [-0.15, -0.1) is 0 Å². The summed E-state index contributed by atoms with van der Waals surface area (Å²) in [5, 5.41) is 19.3. The van der Waals surface area contributed by atoms with E-state index in [0.29, 0.717) is 41.8 Å². The average Bonchev–Trinajstić information content (AvgIpc) is 2.98. The van der Waals surface area contributed by atoms with Gasteiger partial charge in [-0.25, -0.2) is 0 Å². The number of carbonyl (C=O) groups excluding carboxylic acids is 1. The zero-order valence-corrected chi connectivity index (χ0v) is 17.8. The predicted molar refractivity (Wildman–Crippen MR) is 108 cm³/mol. The number of rotatable bonds is 4. The number of ketones is 1. The van der Waals surface area contributed by atoms with Gasteiger partial charge in [0, 0.05) is 18.8 Å². The molecule has 0 aromatic heterocycles. The molecule has 4 heteroatoms. The zero-order chi connectivity index (χ0) is 20.3. The highest BCUT2D eigenvalue weighted by Crippen LogP contribution is 2.67. The number of aliphatic carboxylic acids is 1. The molecular weight excluding hydrogens is 352 g/mol. The van der Waals surface area contributed by atoms with Crippen LogP contribution < -0.4 is 0 Å². The van der Waals surface area contributed by atoms with Crippen LogP contribution in [-0.2, 0) is 9.59 Å². The van der Waals surface area contributed by atoms with Gasteiger partial charge in [0.15, 0.2) is 0 Å². The van der Waals surface area contributed by atoms with E-state index in [1.54, 1.807) is 0 Å². The van der Waals surface area contributed by atoms with E-state index in [-0.39, 0.29) is 29.3 Å². The Morgan fingerprint density at radius 3 is 2.50 bits per heavy atom. The molecule has 4 aliphatic rings. The van der Waals surface area contributed by atoms with Crippen molar-refractivity contribution in [2.75, 3.05) is 0 Å². The van der Waals surface area contributed by atoms with Gasteiger partial charge in [0.1, 0.15) is 5.78 Å². The van der Waals surface area contributed by atoms with Crippen molar-refractivity contribution in [2.24, 2.45) is 46.3 Å². The van der Waals surface area contributed by atoms with Crippen molar-refractivity contribution in [2.45, 2.75) is 91.1 Å². The third-order valence-corrected chi connectivity index (χ3v) is 10.0. The van der Waals surface area contributed by atoms with Crippen molar-refractivity contribution in [1.29, 1.82) is 0 Å². The summed E-state index contributed by atoms with van der Waals surface area (Å²) in [5.41, 5.74) is 0.401. The number of carboxylic acids is 1. The van der Waals surface area contributed by atoms with Crippen molar-refractivity contribution >= 4 is 11.8 Å². The minimum atomic E-state index is -0.698. The zero-order valence-electron chi connectivity index (χ0n) is 17.8. The van der Waals surface area contributed by atoms with Gasteiger partial charge in [0.25, 0.3) is 0 Å². The van der Waals surface area contributed by atoms with Crippen LogP contribution in [0.25, 0.3) is 0 Å². The molecule has 0 aliphatic heterocycles. The van der Waals surface area contributed by atoms with Crippen molar-refractivity contribution in [3.8, 4) is 0 Å². The number of hydrogen-bond acceptors (Lipinski definition) is 3. The maximum Gasteiger partial charge on any atom is 0.303 e. The van der Waals surface area contributed by atoms with E-state index in [1.165, 1.54) is 6.42 Å². The number of aliphatic hydroxyl groups excluding tert-OH is 1. The molecule has 0 aromatic rings. The highest BCUT2D eigenvalue weighted by Gasteiger charge is 2.62. The Kier molecular flexibility index (Phi) is 5.17. The predicted octanol–water partition coefficient (Wildman–Crippen LogP) is 4.69. The third-order valence-electron chi connectivity index (χ3n) is 10.0. The van der Waals surface area contributed by atoms with E-state index in [2.05, 4.69) is 20.8 Å². The highest BCUT2D eigenvalue weighted by atomic mass is 16.4. The van der Waals surface area contributed by atoms with Gasteiger partial charge >= 0.3 is 5.97 Å². The maximum absolute atomic E-state index is 13.3. The summed E-state index contributed by atoms with van der Waals surface area (Å²) in [5.74, 6) is 2.25. The molecule has 28 heavy (non-hydrogen) atoms. The monoisotopic (exact) mass is 390 g/mol. The lowest BCUT2D eigenvalue weighted by molar-refractivity contribution is -0.160. The van der Waals surface area contributed by atoms with E-state index >= 15 is 0 Å². The third kappa shape index (κ3) is 3.05. The number of aliphatic hydroxyl groups is 1. The molecule has 0 saturated heterocycles. The lowest BCUT2D eigenvalue weighted by Gasteiger charge is -2.60. The van der Waals surface area contributed by atoms with Crippen molar-refractivity contribution < 1.29 is 19.8 Å². The van der Waals surface area contributed by atoms with E-state index < -0.39 is 5.97 Å². The Morgan fingerprint density at radius 2 is 1.79 bits per heavy atom. The first-order valence-electron chi connectivity index (χ1n) is 11.6. The fraction of sp³-hybridized carbons (Fsp3) is 0.917. The lowest BCUT2D eigenvalue weighted by Crippen LogP contribution is -2.57. The molecule has 4 aliphatic carbocycles. The van der Waals surface area contributed by atoms with E-state index in [9.17, 15) is 14.7 Å². The van der Waals surface area contributed by atoms with Gasteiger partial charge in [-0.05, 0) is 91.8 Å². The summed E-state index contributed by atoms with van der Waals surface area (Å²) in [4.78, 5) is 24.4. The lowest BCUT2D eigenvalue weighted by atomic mass is 9.44. The normalized spacial score (nSPS) is 49.1. The molecule has 0 radical (unpaired) electrons. The molecule has 0 spiro atoms. The van der Waals surface area contributed by atoms with Crippen LogP contribution in [0, 0.1) is 46.3 Å². The molecule has 0 heterocycles. The molecule has 0 amide bonds. The topological polar surface area (TPSA) is 74.6 Å². The maximum atomic E-state index is 13.3. The summed E-state index contributed by atoms with van der Waals surface area (Å²) < 4.78 is 0. The van der Waals surface area contributed by atoms with Gasteiger partial charge in [-0.1, -0.05) is 20.8 Å². The number of Topliss-reactive ketones (excluding diaryl/α,β-unsaturated/α-hetero) is 1. The van der Waals surface area contributed by atoms with E-state index in [0.717, 1.165) is 44.9 Å². The summed E-state index contributed by atoms with van der Waals surface area (Å²) in [6.45, 7) is 7.06. The van der Waals surface area contributed by atoms with Crippen molar-refractivity contribution in [3.05, 3.63) is 0 Å². The molecule has 2 N–H and O–H groups in total. The van der Waals surface area contributed by atoms with Gasteiger partial charge in [-0.3, -0.25) is 9.59 Å². The summed E-state index contributed by atoms with van der Waals surface area (Å²) >= 11 is 0. The van der Waals surface area contributed by atoms with Gasteiger partial charge < -0.3 is 10.2 Å². The Labute approximate surface area is 169 Å². The van der Waals surface area contributed by atoms with Crippen molar-refractivity contribution in [1.82, 2.24) is 0 Å². The Hall–Kier alpha value is -0.900. The molecule has 0 bridgehead atoms. The molecule has 9 atom stereocenters. The fourth-order valence-corrected chi connectivity index (χ4v) is 8.44. The Morgan fingerprint density at radius 1 is 1.11 bits per heavy atom. The van der Waals surface area contributed by atoms with E-state index in [1.807, 2.05) is 0 Å². The first-order chi connectivity index (χ1) is 13.2. The molecule has 4 nitrogen and oxygen atoms in total. The minimum absolute atomic E-state index is 0.187. The van der Waals surface area contributed by atoms with E-state index in [4.69, 9.17) is 5.11 Å². The fourth-order valence-electron chi connectivity index (χ4n) is 8.44. The molecule has 4 fully saturated rings. The largest absolute Gasteiger partial charge is 0.481 e. The van der Waals surface area contributed by atoms with Crippen LogP contribution in [0.5, 0.6) is 0 Å². The standard InChI is InChI=1S/C24H38O4/c1-14(4-7-21(27)28)17-5-6-18-22-19(9-11-24(17,18)3)23(2)10-8-16(25)12-15(23)13-20(22)26/h14-19,22,25H,4-13H2,1-3H3,(H,27,28)/t14-,15-,16-,17-,18?,19?,22?,23+,24-/m1/s1. The number of carboxylic acid groups (broad SMARTS) is 1. The summed E-state index contributed by atoms with van der Waals surface area (Å²) in [7, 11) is 0. The number of fused-ring (bicyclic) bond motifs is 5. The van der Waals surface area contributed by atoms with Crippen LogP contribution in [0.1, 0.15) is 85.0 Å². The Balaban J connectivity index is 1.56. The van der Waals surface area contributed by atoms with Crippen LogP contribution in [0.15, 0.2) is 0 Å². The van der Waals surface area contributed by atoms with Crippen LogP contribution in [0.3, 0.4) is 0 Å². The van der Waals surface area contributed by atoms with Crippen molar-refractivity contribution in [3.63, 3.8) is 0 Å². The Bertz CT molecular complexity index is 645. The summed E-state index contributed by atoms with van der Waals surface area (Å²) in [6, 6.07) is 0. The first-order valence-corrected chi connectivity index (χ1v) is 11.6. The second kappa shape index (κ2) is 7.11. The molecule has 4 saturated carbocycles. The SMILES string of the molecule is C[C@H](CCC(=O)O)[C@H]1CCC2C3C(=O)C[C@H]4C[C@H](O)CC[C@]4(C)C3CC[C@@]21C. The molecular formula is C24H38O4. The van der Waals surface area contributed by atoms with Crippen LogP contribution >= 0.6 is 0 Å². The molecule has 158 valence electrons. The second-order valence-corrected chi connectivity index (χ2v) is 11.2.